The van der Waals surface area contributed by atoms with Gasteiger partial charge in [0.15, 0.2) is 0 Å². The van der Waals surface area contributed by atoms with Crippen LogP contribution >= 0.6 is 11.6 Å². The molecule has 0 amide bonds. The minimum Gasteiger partial charge on any atom is -0.384 e. The van der Waals surface area contributed by atoms with Gasteiger partial charge in [0.25, 0.3) is 0 Å². The van der Waals surface area contributed by atoms with Crippen molar-refractivity contribution >= 4 is 21.6 Å². The summed E-state index contributed by atoms with van der Waals surface area (Å²) in [6, 6.07) is 0. The van der Waals surface area contributed by atoms with Crippen LogP contribution < -0.4 is 0 Å². The third-order valence-electron chi connectivity index (χ3n) is 2.41. The summed E-state index contributed by atoms with van der Waals surface area (Å²) in [7, 11) is -1.61. The number of methoxy groups -OCH3 is 1. The first-order valence-electron chi connectivity index (χ1n) is 4.63. The van der Waals surface area contributed by atoms with Gasteiger partial charge in [0.05, 0.1) is 12.4 Å². The first-order valence-corrected chi connectivity index (χ1v) is 6.77. The lowest BCUT2D eigenvalue weighted by molar-refractivity contribution is 0.215. The van der Waals surface area contributed by atoms with Gasteiger partial charge in [-0.25, -0.2) is 12.7 Å². The summed E-state index contributed by atoms with van der Waals surface area (Å²) in [6.45, 7) is 1.42. The van der Waals surface area contributed by atoms with Crippen LogP contribution in [0.15, 0.2) is 0 Å². The van der Waals surface area contributed by atoms with E-state index in [1.54, 1.807) is 0 Å². The van der Waals surface area contributed by atoms with E-state index in [1.807, 2.05) is 0 Å². The summed E-state index contributed by atoms with van der Waals surface area (Å²) < 4.78 is 29.6. The molecule has 0 bridgehead atoms. The third-order valence-corrected chi connectivity index (χ3v) is 4.64. The molecule has 0 aromatic rings. The van der Waals surface area contributed by atoms with Gasteiger partial charge in [-0.05, 0) is 12.3 Å². The van der Waals surface area contributed by atoms with E-state index in [0.717, 1.165) is 6.42 Å². The summed E-state index contributed by atoms with van der Waals surface area (Å²) in [5.74, 6) is 0.920. The van der Waals surface area contributed by atoms with Gasteiger partial charge in [-0.1, -0.05) is 0 Å². The Kier molecular flexibility index (Phi) is 4.63. The quantitative estimate of drug-likeness (QED) is 0.660. The molecule has 0 aliphatic carbocycles. The van der Waals surface area contributed by atoms with Crippen molar-refractivity contribution in [3.05, 3.63) is 0 Å². The van der Waals surface area contributed by atoms with Crippen molar-refractivity contribution in [3.63, 3.8) is 0 Å². The summed E-state index contributed by atoms with van der Waals surface area (Å²) in [5, 5.41) is 0. The Morgan fingerprint density at radius 3 is 2.79 bits per heavy atom. The van der Waals surface area contributed by atoms with Crippen molar-refractivity contribution < 1.29 is 13.2 Å². The lowest BCUT2D eigenvalue weighted by Gasteiger charge is -2.15. The summed E-state index contributed by atoms with van der Waals surface area (Å²) >= 11 is 5.68. The molecule has 1 saturated heterocycles. The third kappa shape index (κ3) is 3.08. The van der Waals surface area contributed by atoms with E-state index in [4.69, 9.17) is 16.3 Å². The van der Waals surface area contributed by atoms with Gasteiger partial charge in [0, 0.05) is 26.1 Å². The number of rotatable bonds is 5. The van der Waals surface area contributed by atoms with Crippen LogP contribution in [0.1, 0.15) is 6.42 Å². The summed E-state index contributed by atoms with van der Waals surface area (Å²) in [6.07, 6.45) is 0.871. The molecule has 1 fully saturated rings. The number of hydrogen-bond acceptors (Lipinski definition) is 3. The maximum Gasteiger partial charge on any atom is 0.216 e. The fourth-order valence-electron chi connectivity index (χ4n) is 1.49. The van der Waals surface area contributed by atoms with Gasteiger partial charge in [-0.15, -0.1) is 11.6 Å². The lowest BCUT2D eigenvalue weighted by Crippen LogP contribution is -2.32. The molecule has 14 heavy (non-hydrogen) atoms. The number of sulfonamides is 1. The maximum atomic E-state index is 11.7. The number of ether oxygens (including phenoxy) is 1. The number of nitrogens with zero attached hydrogens (tertiary/aromatic N) is 1. The van der Waals surface area contributed by atoms with E-state index < -0.39 is 10.0 Å². The smallest absolute Gasteiger partial charge is 0.216 e. The van der Waals surface area contributed by atoms with Gasteiger partial charge < -0.3 is 4.74 Å². The van der Waals surface area contributed by atoms with Gasteiger partial charge in [-0.2, -0.15) is 0 Å². The Balaban J connectivity index is 2.49. The van der Waals surface area contributed by atoms with E-state index >= 15 is 0 Å². The minimum atomic E-state index is -3.12. The van der Waals surface area contributed by atoms with Crippen molar-refractivity contribution in [2.24, 2.45) is 5.92 Å². The number of halogens is 1. The average molecular weight is 242 g/mol. The second-order valence-electron chi connectivity index (χ2n) is 3.48. The van der Waals surface area contributed by atoms with E-state index in [2.05, 4.69) is 0 Å². The zero-order valence-corrected chi connectivity index (χ0v) is 9.85. The van der Waals surface area contributed by atoms with Crippen LogP contribution in [-0.4, -0.2) is 51.2 Å². The van der Waals surface area contributed by atoms with Crippen molar-refractivity contribution in [2.45, 2.75) is 6.42 Å². The Hall–Kier alpha value is 0.160. The standard InChI is InChI=1S/C8H16ClNO3S/c1-13-4-5-14(11,12)10-3-2-8(6-9)7-10/h8H,2-7H2,1H3. The number of hydrogen-bond donors (Lipinski definition) is 0. The molecular formula is C8H16ClNO3S. The molecule has 84 valence electrons. The van der Waals surface area contributed by atoms with Crippen LogP contribution in [0, 0.1) is 5.92 Å². The number of alkyl halides is 1. The normalized spacial score (nSPS) is 24.3. The zero-order valence-electron chi connectivity index (χ0n) is 8.28. The molecule has 1 aliphatic rings. The van der Waals surface area contributed by atoms with Crippen LogP contribution in [0.3, 0.4) is 0 Å². The predicted molar refractivity (Wildman–Crippen MR) is 56.1 cm³/mol. The molecule has 6 heteroatoms. The highest BCUT2D eigenvalue weighted by Crippen LogP contribution is 2.20. The molecule has 0 N–H and O–H groups in total. The highest BCUT2D eigenvalue weighted by Gasteiger charge is 2.30. The van der Waals surface area contributed by atoms with Crippen molar-refractivity contribution in [2.75, 3.05) is 38.4 Å². The highest BCUT2D eigenvalue weighted by atomic mass is 35.5. The zero-order chi connectivity index (χ0) is 10.6. The van der Waals surface area contributed by atoms with Gasteiger partial charge in [-0.3, -0.25) is 0 Å². The fourth-order valence-corrected chi connectivity index (χ4v) is 3.20. The topological polar surface area (TPSA) is 46.6 Å². The maximum absolute atomic E-state index is 11.7. The molecule has 4 nitrogen and oxygen atoms in total. The van der Waals surface area contributed by atoms with Crippen LogP contribution in [0.5, 0.6) is 0 Å². The van der Waals surface area contributed by atoms with Crippen molar-refractivity contribution in [3.8, 4) is 0 Å². The highest BCUT2D eigenvalue weighted by molar-refractivity contribution is 7.89. The average Bonchev–Trinajstić information content (AvgIpc) is 2.63. The van der Waals surface area contributed by atoms with Gasteiger partial charge in [0.2, 0.25) is 10.0 Å². The molecular weight excluding hydrogens is 226 g/mol. The van der Waals surface area contributed by atoms with Crippen LogP contribution in [-0.2, 0) is 14.8 Å². The summed E-state index contributed by atoms with van der Waals surface area (Å²) in [4.78, 5) is 0. The first kappa shape index (κ1) is 12.2. The Bertz CT molecular complexity index is 268. The lowest BCUT2D eigenvalue weighted by atomic mass is 10.2. The van der Waals surface area contributed by atoms with Crippen LogP contribution in [0.2, 0.25) is 0 Å². The summed E-state index contributed by atoms with van der Waals surface area (Å²) in [5.41, 5.74) is 0. The van der Waals surface area contributed by atoms with Gasteiger partial charge >= 0.3 is 0 Å². The van der Waals surface area contributed by atoms with E-state index in [0.29, 0.717) is 24.9 Å². The predicted octanol–water partition coefficient (Wildman–Crippen LogP) is 0.523. The van der Waals surface area contributed by atoms with Crippen molar-refractivity contribution in [1.82, 2.24) is 4.31 Å². The Labute approximate surface area is 90.2 Å². The monoisotopic (exact) mass is 241 g/mol. The first-order chi connectivity index (χ1) is 6.60. The largest absolute Gasteiger partial charge is 0.384 e. The molecule has 1 rings (SSSR count). The van der Waals surface area contributed by atoms with E-state index in [1.165, 1.54) is 11.4 Å². The molecule has 0 spiro atoms. The molecule has 0 aromatic heterocycles. The van der Waals surface area contributed by atoms with Gasteiger partial charge in [0.1, 0.15) is 0 Å². The Morgan fingerprint density at radius 1 is 1.57 bits per heavy atom. The SMILES string of the molecule is COCCS(=O)(=O)N1CCC(CCl)C1. The van der Waals surface area contributed by atoms with E-state index in [-0.39, 0.29) is 12.4 Å². The molecule has 1 atom stereocenters. The van der Waals surface area contributed by atoms with Crippen LogP contribution in [0.25, 0.3) is 0 Å². The molecule has 1 aliphatic heterocycles. The molecule has 1 heterocycles. The Morgan fingerprint density at radius 2 is 2.29 bits per heavy atom. The molecule has 0 radical (unpaired) electrons. The molecule has 0 saturated carbocycles. The molecule has 0 aromatic carbocycles. The second kappa shape index (κ2) is 5.30. The van der Waals surface area contributed by atoms with Crippen molar-refractivity contribution in [1.29, 1.82) is 0 Å². The molecule has 1 unspecified atom stereocenters. The van der Waals surface area contributed by atoms with Crippen LogP contribution in [0.4, 0.5) is 0 Å². The minimum absolute atomic E-state index is 0.0680. The van der Waals surface area contributed by atoms with E-state index in [9.17, 15) is 8.42 Å². The second-order valence-corrected chi connectivity index (χ2v) is 5.87. The fraction of sp³-hybridized carbons (Fsp3) is 1.00.